The van der Waals surface area contributed by atoms with Crippen molar-refractivity contribution >= 4 is 0 Å². The van der Waals surface area contributed by atoms with Crippen molar-refractivity contribution < 1.29 is 0 Å². The van der Waals surface area contributed by atoms with Crippen LogP contribution in [0.2, 0.25) is 0 Å². The molecule has 1 N–H and O–H groups in total. The fourth-order valence-corrected chi connectivity index (χ4v) is 2.12. The van der Waals surface area contributed by atoms with Crippen molar-refractivity contribution in [2.24, 2.45) is 0 Å². The van der Waals surface area contributed by atoms with Crippen molar-refractivity contribution in [1.29, 1.82) is 0 Å². The quantitative estimate of drug-likeness (QED) is 0.639. The van der Waals surface area contributed by atoms with Crippen molar-refractivity contribution in [3.8, 4) is 0 Å². The van der Waals surface area contributed by atoms with Gasteiger partial charge in [-0.15, -0.1) is 0 Å². The van der Waals surface area contributed by atoms with Crippen LogP contribution in [0.25, 0.3) is 0 Å². The first-order chi connectivity index (χ1) is 6.29. The highest BCUT2D eigenvalue weighted by molar-refractivity contribution is 5.37. The van der Waals surface area contributed by atoms with Crippen LogP contribution in [0, 0.1) is 6.92 Å². The van der Waals surface area contributed by atoms with Crippen LogP contribution < -0.4 is 5.32 Å². The van der Waals surface area contributed by atoms with Gasteiger partial charge in [0.1, 0.15) is 0 Å². The molecule has 0 spiro atoms. The molecule has 0 aromatic heterocycles. The van der Waals surface area contributed by atoms with Gasteiger partial charge in [-0.2, -0.15) is 0 Å². The maximum atomic E-state index is 3.47. The molecular weight excluding hydrogens is 158 g/mol. The van der Waals surface area contributed by atoms with E-state index in [4.69, 9.17) is 0 Å². The Morgan fingerprint density at radius 2 is 2.23 bits per heavy atom. The van der Waals surface area contributed by atoms with Gasteiger partial charge in [0.05, 0.1) is 0 Å². The predicted octanol–water partition coefficient (Wildman–Crippen LogP) is 2.59. The monoisotopic (exact) mass is 175 g/mol. The normalized spacial score (nSPS) is 22.2. The molecule has 0 fully saturated rings. The molecule has 0 bridgehead atoms. The van der Waals surface area contributed by atoms with Gasteiger partial charge in [0.25, 0.3) is 0 Å². The smallest absolute Gasteiger partial charge is 0.0210 e. The SMILES string of the molecule is Cc1cccc2c1CNCCC2C. The molecule has 2 rings (SSSR count). The standard InChI is InChI=1S/C12H17N/c1-9-4-3-5-11-10(2)6-7-13-8-12(9)11/h3-5,10,13H,6-8H2,1-2H3. The lowest BCUT2D eigenvalue weighted by Gasteiger charge is -2.13. The molecule has 1 heteroatoms. The minimum Gasteiger partial charge on any atom is -0.313 e. The molecule has 1 aromatic carbocycles. The van der Waals surface area contributed by atoms with E-state index in [1.54, 1.807) is 5.56 Å². The van der Waals surface area contributed by atoms with Gasteiger partial charge in [-0.3, -0.25) is 0 Å². The fraction of sp³-hybridized carbons (Fsp3) is 0.500. The molecule has 70 valence electrons. The number of fused-ring (bicyclic) bond motifs is 1. The summed E-state index contributed by atoms with van der Waals surface area (Å²) in [5.41, 5.74) is 4.50. The molecule has 1 aromatic rings. The van der Waals surface area contributed by atoms with Crippen molar-refractivity contribution in [3.05, 3.63) is 34.9 Å². The van der Waals surface area contributed by atoms with Crippen LogP contribution in [0.15, 0.2) is 18.2 Å². The van der Waals surface area contributed by atoms with Gasteiger partial charge in [0.15, 0.2) is 0 Å². The Balaban J connectivity index is 2.47. The van der Waals surface area contributed by atoms with Crippen LogP contribution in [-0.4, -0.2) is 6.54 Å². The molecule has 1 atom stereocenters. The fourth-order valence-electron chi connectivity index (χ4n) is 2.12. The first-order valence-corrected chi connectivity index (χ1v) is 5.08. The van der Waals surface area contributed by atoms with Crippen LogP contribution in [0.4, 0.5) is 0 Å². The molecule has 1 heterocycles. The lowest BCUT2D eigenvalue weighted by molar-refractivity contribution is 0.630. The molecule has 1 aliphatic heterocycles. The van der Waals surface area contributed by atoms with Crippen LogP contribution in [0.3, 0.4) is 0 Å². The van der Waals surface area contributed by atoms with E-state index in [0.717, 1.165) is 13.1 Å². The van der Waals surface area contributed by atoms with Gasteiger partial charge in [0, 0.05) is 6.54 Å². The van der Waals surface area contributed by atoms with Gasteiger partial charge in [-0.05, 0) is 42.5 Å². The second-order valence-electron chi connectivity index (χ2n) is 4.01. The third-order valence-corrected chi connectivity index (χ3v) is 3.03. The zero-order valence-corrected chi connectivity index (χ0v) is 8.43. The Kier molecular flexibility index (Phi) is 2.36. The van der Waals surface area contributed by atoms with E-state index in [0.29, 0.717) is 5.92 Å². The van der Waals surface area contributed by atoms with E-state index in [1.165, 1.54) is 17.5 Å². The maximum absolute atomic E-state index is 3.47. The summed E-state index contributed by atoms with van der Waals surface area (Å²) in [7, 11) is 0. The second-order valence-corrected chi connectivity index (χ2v) is 4.01. The molecule has 0 aliphatic carbocycles. The molecule has 1 aliphatic rings. The number of benzene rings is 1. The summed E-state index contributed by atoms with van der Waals surface area (Å²) in [6.45, 7) is 6.73. The minimum atomic E-state index is 0.713. The van der Waals surface area contributed by atoms with Crippen LogP contribution in [-0.2, 0) is 6.54 Å². The molecule has 0 saturated heterocycles. The first-order valence-electron chi connectivity index (χ1n) is 5.08. The third kappa shape index (κ3) is 1.61. The topological polar surface area (TPSA) is 12.0 Å². The summed E-state index contributed by atoms with van der Waals surface area (Å²) in [6, 6.07) is 6.66. The van der Waals surface area contributed by atoms with Crippen LogP contribution >= 0.6 is 0 Å². The van der Waals surface area contributed by atoms with Gasteiger partial charge >= 0.3 is 0 Å². The first kappa shape index (κ1) is 8.76. The molecular formula is C12H17N. The molecule has 1 unspecified atom stereocenters. The molecule has 13 heavy (non-hydrogen) atoms. The summed E-state index contributed by atoms with van der Waals surface area (Å²) in [6.07, 6.45) is 1.26. The van der Waals surface area contributed by atoms with E-state index >= 15 is 0 Å². The summed E-state index contributed by atoms with van der Waals surface area (Å²) in [4.78, 5) is 0. The highest BCUT2D eigenvalue weighted by Gasteiger charge is 2.14. The lowest BCUT2D eigenvalue weighted by Crippen LogP contribution is -2.12. The highest BCUT2D eigenvalue weighted by Crippen LogP contribution is 2.26. The van der Waals surface area contributed by atoms with Crippen molar-refractivity contribution in [1.82, 2.24) is 5.32 Å². The van der Waals surface area contributed by atoms with Gasteiger partial charge in [0.2, 0.25) is 0 Å². The predicted molar refractivity (Wildman–Crippen MR) is 55.9 cm³/mol. The summed E-state index contributed by atoms with van der Waals surface area (Å²) >= 11 is 0. The summed E-state index contributed by atoms with van der Waals surface area (Å²) in [5.74, 6) is 0.713. The number of aryl methyl sites for hydroxylation is 1. The Hall–Kier alpha value is -0.820. The Labute approximate surface area is 80.2 Å². The van der Waals surface area contributed by atoms with E-state index in [1.807, 2.05) is 0 Å². The Bertz CT molecular complexity index is 304. The maximum Gasteiger partial charge on any atom is 0.0210 e. The second kappa shape index (κ2) is 3.51. The summed E-state index contributed by atoms with van der Waals surface area (Å²) in [5, 5.41) is 3.47. The Morgan fingerprint density at radius 3 is 3.08 bits per heavy atom. The molecule has 0 radical (unpaired) electrons. The zero-order chi connectivity index (χ0) is 9.26. The summed E-state index contributed by atoms with van der Waals surface area (Å²) < 4.78 is 0. The Morgan fingerprint density at radius 1 is 1.38 bits per heavy atom. The average Bonchev–Trinajstić information content (AvgIpc) is 2.30. The average molecular weight is 175 g/mol. The number of hydrogen-bond acceptors (Lipinski definition) is 1. The van der Waals surface area contributed by atoms with E-state index in [-0.39, 0.29) is 0 Å². The largest absolute Gasteiger partial charge is 0.313 e. The highest BCUT2D eigenvalue weighted by atomic mass is 14.9. The van der Waals surface area contributed by atoms with Gasteiger partial charge < -0.3 is 5.32 Å². The number of rotatable bonds is 0. The lowest BCUT2D eigenvalue weighted by atomic mass is 9.92. The minimum absolute atomic E-state index is 0.713. The number of nitrogens with one attached hydrogen (secondary N) is 1. The van der Waals surface area contributed by atoms with Crippen LogP contribution in [0.5, 0.6) is 0 Å². The zero-order valence-electron chi connectivity index (χ0n) is 8.43. The molecule has 0 saturated carbocycles. The van der Waals surface area contributed by atoms with Crippen molar-refractivity contribution in [2.75, 3.05) is 6.54 Å². The number of hydrogen-bond donors (Lipinski definition) is 1. The van der Waals surface area contributed by atoms with Crippen molar-refractivity contribution in [2.45, 2.75) is 32.7 Å². The molecule has 1 nitrogen and oxygen atoms in total. The van der Waals surface area contributed by atoms with Gasteiger partial charge in [-0.1, -0.05) is 25.1 Å². The van der Waals surface area contributed by atoms with E-state index < -0.39 is 0 Å². The van der Waals surface area contributed by atoms with Crippen LogP contribution in [0.1, 0.15) is 36.0 Å². The third-order valence-electron chi connectivity index (χ3n) is 3.03. The van der Waals surface area contributed by atoms with Gasteiger partial charge in [-0.25, -0.2) is 0 Å². The van der Waals surface area contributed by atoms with E-state index in [9.17, 15) is 0 Å². The van der Waals surface area contributed by atoms with Crippen molar-refractivity contribution in [3.63, 3.8) is 0 Å². The molecule has 0 amide bonds. The van der Waals surface area contributed by atoms with E-state index in [2.05, 4.69) is 37.4 Å².